The van der Waals surface area contributed by atoms with Gasteiger partial charge in [-0.1, -0.05) is 23.7 Å². The molecule has 2 rings (SSSR count). The fourth-order valence-corrected chi connectivity index (χ4v) is 2.09. The first kappa shape index (κ1) is 13.2. The molecule has 0 bridgehead atoms. The molecule has 1 aromatic carbocycles. The van der Waals surface area contributed by atoms with E-state index in [1.54, 1.807) is 24.4 Å². The van der Waals surface area contributed by atoms with Gasteiger partial charge >= 0.3 is 0 Å². The number of ketones is 1. The largest absolute Gasteiger partial charge is 0.293 e. The minimum absolute atomic E-state index is 0.0168. The molecule has 1 aromatic heterocycles. The van der Waals surface area contributed by atoms with E-state index in [1.165, 1.54) is 0 Å². The molecule has 0 radical (unpaired) electrons. The molecular weight excluding hydrogens is 314 g/mol. The van der Waals surface area contributed by atoms with Crippen LogP contribution in [-0.4, -0.2) is 10.8 Å². The number of nitrogens with zero attached hydrogens (tertiary/aromatic N) is 1. The average Bonchev–Trinajstić information content (AvgIpc) is 2.41. The molecule has 1 atom stereocenters. The molecule has 0 N–H and O–H groups in total. The Kier molecular flexibility index (Phi) is 4.15. The van der Waals surface area contributed by atoms with Gasteiger partial charge in [0.1, 0.15) is 0 Å². The van der Waals surface area contributed by atoms with Crippen LogP contribution in [0.15, 0.2) is 47.1 Å². The summed E-state index contributed by atoms with van der Waals surface area (Å²) in [5, 5.41) is 0.536. The third kappa shape index (κ3) is 2.79. The second-order valence-corrected chi connectivity index (χ2v) is 5.23. The number of aromatic nitrogens is 1. The summed E-state index contributed by atoms with van der Waals surface area (Å²) in [6.07, 6.45) is 1.69. The molecule has 0 saturated carbocycles. The van der Waals surface area contributed by atoms with E-state index in [0.717, 1.165) is 10.2 Å². The van der Waals surface area contributed by atoms with Crippen molar-refractivity contribution in [1.82, 2.24) is 4.98 Å². The van der Waals surface area contributed by atoms with E-state index in [4.69, 9.17) is 11.6 Å². The molecular formula is C14H11BrClNO. The maximum absolute atomic E-state index is 12.3. The molecule has 2 nitrogen and oxygen atoms in total. The summed E-state index contributed by atoms with van der Waals surface area (Å²) >= 11 is 9.30. The van der Waals surface area contributed by atoms with Crippen molar-refractivity contribution in [2.45, 2.75) is 12.8 Å². The number of carbonyl (C=O) groups excluding carboxylic acids is 1. The zero-order valence-corrected chi connectivity index (χ0v) is 12.1. The third-order valence-electron chi connectivity index (χ3n) is 2.73. The van der Waals surface area contributed by atoms with Gasteiger partial charge in [-0.05, 0) is 47.1 Å². The van der Waals surface area contributed by atoms with Crippen molar-refractivity contribution < 1.29 is 4.79 Å². The highest BCUT2D eigenvalue weighted by molar-refractivity contribution is 9.10. The van der Waals surface area contributed by atoms with Crippen LogP contribution in [0.2, 0.25) is 5.02 Å². The number of halogens is 2. The van der Waals surface area contributed by atoms with Gasteiger partial charge in [0.2, 0.25) is 0 Å². The number of Topliss-reactive ketones (excluding diaryl/α,β-unsaturated/α-hetero) is 1. The molecule has 0 aliphatic rings. The van der Waals surface area contributed by atoms with Gasteiger partial charge in [-0.25, -0.2) is 0 Å². The lowest BCUT2D eigenvalue weighted by Gasteiger charge is -2.10. The van der Waals surface area contributed by atoms with Crippen LogP contribution in [-0.2, 0) is 0 Å². The van der Waals surface area contributed by atoms with Crippen LogP contribution in [0.5, 0.6) is 0 Å². The average molecular weight is 325 g/mol. The Morgan fingerprint density at radius 1 is 1.33 bits per heavy atom. The summed E-state index contributed by atoms with van der Waals surface area (Å²) in [7, 11) is 0. The Morgan fingerprint density at radius 3 is 2.72 bits per heavy atom. The van der Waals surface area contributed by atoms with E-state index < -0.39 is 0 Å². The van der Waals surface area contributed by atoms with Crippen LogP contribution in [0.1, 0.15) is 28.9 Å². The fraction of sp³-hybridized carbons (Fsp3) is 0.143. The quantitative estimate of drug-likeness (QED) is 0.779. The van der Waals surface area contributed by atoms with Gasteiger partial charge in [0, 0.05) is 16.2 Å². The first-order valence-electron chi connectivity index (χ1n) is 5.50. The van der Waals surface area contributed by atoms with Crippen LogP contribution in [0.3, 0.4) is 0 Å². The topological polar surface area (TPSA) is 30.0 Å². The zero-order chi connectivity index (χ0) is 13.1. The predicted octanol–water partition coefficient (Wildman–Crippen LogP) is 4.48. The molecule has 0 spiro atoms. The number of carbonyl (C=O) groups is 1. The first-order chi connectivity index (χ1) is 8.59. The van der Waals surface area contributed by atoms with Gasteiger partial charge in [-0.2, -0.15) is 0 Å². The van der Waals surface area contributed by atoms with Crippen molar-refractivity contribution in [2.24, 2.45) is 0 Å². The third-order valence-corrected chi connectivity index (χ3v) is 3.96. The molecule has 2 aromatic rings. The van der Waals surface area contributed by atoms with Gasteiger partial charge in [-0.3, -0.25) is 9.78 Å². The van der Waals surface area contributed by atoms with Gasteiger partial charge in [-0.15, -0.1) is 0 Å². The predicted molar refractivity (Wildman–Crippen MR) is 76.1 cm³/mol. The molecule has 18 heavy (non-hydrogen) atoms. The number of rotatable bonds is 3. The van der Waals surface area contributed by atoms with E-state index in [9.17, 15) is 4.79 Å². The maximum atomic E-state index is 12.3. The van der Waals surface area contributed by atoms with Gasteiger partial charge in [0.05, 0.1) is 16.6 Å². The molecule has 1 heterocycles. The maximum Gasteiger partial charge on any atom is 0.171 e. The monoisotopic (exact) mass is 323 g/mol. The van der Waals surface area contributed by atoms with E-state index >= 15 is 0 Å². The van der Waals surface area contributed by atoms with Crippen molar-refractivity contribution in [3.63, 3.8) is 0 Å². The SMILES string of the molecule is CC(C(=O)c1ccc(Br)c(Cl)c1)c1ccccn1. The van der Waals surface area contributed by atoms with E-state index in [1.807, 2.05) is 25.1 Å². The first-order valence-corrected chi connectivity index (χ1v) is 6.67. The minimum Gasteiger partial charge on any atom is -0.293 e. The Balaban J connectivity index is 2.29. The number of pyridine rings is 1. The van der Waals surface area contributed by atoms with Crippen LogP contribution in [0.4, 0.5) is 0 Å². The molecule has 92 valence electrons. The second-order valence-electron chi connectivity index (χ2n) is 3.97. The van der Waals surface area contributed by atoms with E-state index in [0.29, 0.717) is 10.6 Å². The number of hydrogen-bond donors (Lipinski definition) is 0. The van der Waals surface area contributed by atoms with Gasteiger partial charge in [0.25, 0.3) is 0 Å². The lowest BCUT2D eigenvalue weighted by molar-refractivity contribution is 0.0964. The molecule has 0 saturated heterocycles. The Labute approximate surface area is 119 Å². The smallest absolute Gasteiger partial charge is 0.171 e. The Bertz CT molecular complexity index is 571. The normalized spacial score (nSPS) is 12.2. The van der Waals surface area contributed by atoms with Crippen LogP contribution in [0.25, 0.3) is 0 Å². The standard InChI is InChI=1S/C14H11BrClNO/c1-9(13-4-2-3-7-17-13)14(18)10-5-6-11(15)12(16)8-10/h2-9H,1H3. The second kappa shape index (κ2) is 5.63. The summed E-state index contributed by atoms with van der Waals surface area (Å²) in [4.78, 5) is 16.5. The minimum atomic E-state index is -0.275. The summed E-state index contributed by atoms with van der Waals surface area (Å²) in [6, 6.07) is 10.8. The van der Waals surface area contributed by atoms with Crippen molar-refractivity contribution in [1.29, 1.82) is 0 Å². The molecule has 0 amide bonds. The highest BCUT2D eigenvalue weighted by Crippen LogP contribution is 2.26. The highest BCUT2D eigenvalue weighted by Gasteiger charge is 2.18. The van der Waals surface area contributed by atoms with Crippen molar-refractivity contribution in [3.05, 3.63) is 63.3 Å². The number of hydrogen-bond acceptors (Lipinski definition) is 2. The van der Waals surface area contributed by atoms with E-state index in [-0.39, 0.29) is 11.7 Å². The molecule has 0 fully saturated rings. The summed E-state index contributed by atoms with van der Waals surface area (Å²) < 4.78 is 0.784. The van der Waals surface area contributed by atoms with E-state index in [2.05, 4.69) is 20.9 Å². The van der Waals surface area contributed by atoms with Gasteiger partial charge < -0.3 is 0 Å². The lowest BCUT2D eigenvalue weighted by Crippen LogP contribution is -2.10. The Hall–Kier alpha value is -1.19. The fourth-order valence-electron chi connectivity index (χ4n) is 1.67. The highest BCUT2D eigenvalue weighted by atomic mass is 79.9. The van der Waals surface area contributed by atoms with Gasteiger partial charge in [0.15, 0.2) is 5.78 Å². The van der Waals surface area contributed by atoms with Crippen LogP contribution >= 0.6 is 27.5 Å². The molecule has 4 heteroatoms. The lowest BCUT2D eigenvalue weighted by atomic mass is 9.96. The molecule has 0 aliphatic carbocycles. The summed E-state index contributed by atoms with van der Waals surface area (Å²) in [5.41, 5.74) is 1.36. The number of benzene rings is 1. The molecule has 0 aliphatic heterocycles. The zero-order valence-electron chi connectivity index (χ0n) is 9.73. The van der Waals surface area contributed by atoms with Crippen molar-refractivity contribution in [2.75, 3.05) is 0 Å². The van der Waals surface area contributed by atoms with Crippen LogP contribution < -0.4 is 0 Å². The van der Waals surface area contributed by atoms with Crippen molar-refractivity contribution >= 4 is 33.3 Å². The summed E-state index contributed by atoms with van der Waals surface area (Å²) in [6.45, 7) is 1.85. The Morgan fingerprint density at radius 2 is 2.11 bits per heavy atom. The van der Waals surface area contributed by atoms with Crippen molar-refractivity contribution in [3.8, 4) is 0 Å². The summed E-state index contributed by atoms with van der Waals surface area (Å²) in [5.74, 6) is -0.258. The van der Waals surface area contributed by atoms with Crippen LogP contribution in [0, 0.1) is 0 Å². The molecule has 1 unspecified atom stereocenters.